The van der Waals surface area contributed by atoms with E-state index in [-0.39, 0.29) is 5.82 Å². The number of hydrogen-bond acceptors (Lipinski definition) is 2. The quantitative estimate of drug-likeness (QED) is 0.580. The van der Waals surface area contributed by atoms with Crippen molar-refractivity contribution in [3.8, 4) is 0 Å². The monoisotopic (exact) mass is 237 g/mol. The van der Waals surface area contributed by atoms with E-state index < -0.39 is 0 Å². The molecular weight excluding hydrogens is 217 g/mol. The second-order valence-electron chi connectivity index (χ2n) is 3.83. The molecule has 0 radical (unpaired) electrons. The fraction of sp³-hybridized carbons (Fsp3) is 0.429. The number of hydrogen-bond donors (Lipinski definition) is 1. The molecule has 94 valence electrons. The first-order chi connectivity index (χ1) is 8.19. The van der Waals surface area contributed by atoms with Crippen molar-refractivity contribution < 1.29 is 9.13 Å². The van der Waals surface area contributed by atoms with E-state index in [0.29, 0.717) is 18.9 Å². The maximum atomic E-state index is 13.2. The summed E-state index contributed by atoms with van der Waals surface area (Å²) in [5.41, 5.74) is 1.76. The molecule has 0 heterocycles. The van der Waals surface area contributed by atoms with Crippen molar-refractivity contribution in [3.63, 3.8) is 0 Å². The van der Waals surface area contributed by atoms with Crippen LogP contribution in [0, 0.1) is 5.82 Å². The van der Waals surface area contributed by atoms with Gasteiger partial charge in [0.25, 0.3) is 0 Å². The summed E-state index contributed by atoms with van der Waals surface area (Å²) in [7, 11) is 0. The van der Waals surface area contributed by atoms with Crippen molar-refractivity contribution in [2.75, 3.05) is 13.2 Å². The molecule has 0 bridgehead atoms. The molecule has 0 saturated carbocycles. The maximum Gasteiger partial charge on any atom is 0.123 e. The number of halogens is 1. The zero-order chi connectivity index (χ0) is 12.7. The summed E-state index contributed by atoms with van der Waals surface area (Å²) in [6.45, 7) is 10.0. The van der Waals surface area contributed by atoms with Gasteiger partial charge in [-0.05, 0) is 37.6 Å². The van der Waals surface area contributed by atoms with Gasteiger partial charge in [-0.2, -0.15) is 0 Å². The van der Waals surface area contributed by atoms with Crippen molar-refractivity contribution in [2.24, 2.45) is 0 Å². The van der Waals surface area contributed by atoms with Gasteiger partial charge in [0.05, 0.1) is 6.61 Å². The van der Waals surface area contributed by atoms with Crippen molar-refractivity contribution in [1.29, 1.82) is 0 Å². The highest BCUT2D eigenvalue weighted by atomic mass is 19.1. The molecule has 0 saturated heterocycles. The third kappa shape index (κ3) is 4.19. The van der Waals surface area contributed by atoms with Crippen LogP contribution in [0.4, 0.5) is 4.39 Å². The molecule has 0 aliphatic heterocycles. The van der Waals surface area contributed by atoms with Crippen LogP contribution in [0.15, 0.2) is 24.8 Å². The Bertz CT molecular complexity index is 376. The average molecular weight is 237 g/mol. The first-order valence-electron chi connectivity index (χ1n) is 6.00. The van der Waals surface area contributed by atoms with E-state index in [1.165, 1.54) is 12.1 Å². The second kappa shape index (κ2) is 7.07. The molecule has 2 nitrogen and oxygen atoms in total. The average Bonchev–Trinajstić information content (AvgIpc) is 2.31. The smallest absolute Gasteiger partial charge is 0.123 e. The Balaban J connectivity index is 2.83. The molecule has 0 aliphatic carbocycles. The molecule has 0 fully saturated rings. The van der Waals surface area contributed by atoms with E-state index >= 15 is 0 Å². The van der Waals surface area contributed by atoms with Gasteiger partial charge in [-0.3, -0.25) is 0 Å². The second-order valence-corrected chi connectivity index (χ2v) is 3.83. The Morgan fingerprint density at radius 1 is 1.41 bits per heavy atom. The molecule has 1 aromatic rings. The molecular formula is C14H20FNO. The molecule has 1 N–H and O–H groups in total. The normalized spacial score (nSPS) is 10.3. The Morgan fingerprint density at radius 3 is 2.82 bits per heavy atom. The lowest BCUT2D eigenvalue weighted by Gasteiger charge is -2.13. The van der Waals surface area contributed by atoms with Crippen molar-refractivity contribution in [3.05, 3.63) is 41.7 Å². The first kappa shape index (κ1) is 13.7. The standard InChI is InChI=1S/C14H20FNO/c1-4-8-16-10-12-6-7-13(15)9-14(12)11(3)17-5-2/h6-7,9,16H,3-5,8,10H2,1-2H3. The SMILES string of the molecule is C=C(OCC)c1cc(F)ccc1CNCCC. The van der Waals surface area contributed by atoms with Crippen LogP contribution in [-0.4, -0.2) is 13.2 Å². The lowest BCUT2D eigenvalue weighted by Crippen LogP contribution is -2.15. The minimum Gasteiger partial charge on any atom is -0.494 e. The molecule has 0 amide bonds. The molecule has 3 heteroatoms. The number of nitrogens with one attached hydrogen (secondary N) is 1. The molecule has 1 aromatic carbocycles. The summed E-state index contributed by atoms with van der Waals surface area (Å²) in [4.78, 5) is 0. The van der Waals surface area contributed by atoms with Gasteiger partial charge >= 0.3 is 0 Å². The lowest BCUT2D eigenvalue weighted by atomic mass is 10.1. The minimum absolute atomic E-state index is 0.264. The Labute approximate surface area is 102 Å². The summed E-state index contributed by atoms with van der Waals surface area (Å²) in [5, 5.41) is 3.29. The zero-order valence-electron chi connectivity index (χ0n) is 10.6. The van der Waals surface area contributed by atoms with Crippen LogP contribution in [0.2, 0.25) is 0 Å². The Hall–Kier alpha value is -1.35. The van der Waals surface area contributed by atoms with E-state index in [0.717, 1.165) is 24.1 Å². The zero-order valence-corrected chi connectivity index (χ0v) is 10.6. The van der Waals surface area contributed by atoms with Crippen molar-refractivity contribution >= 4 is 5.76 Å². The van der Waals surface area contributed by atoms with Gasteiger partial charge in [0.15, 0.2) is 0 Å². The molecule has 0 aromatic heterocycles. The van der Waals surface area contributed by atoms with Gasteiger partial charge in [-0.15, -0.1) is 0 Å². The number of rotatable bonds is 7. The van der Waals surface area contributed by atoms with Crippen LogP contribution in [0.25, 0.3) is 5.76 Å². The van der Waals surface area contributed by atoms with Crippen LogP contribution in [0.3, 0.4) is 0 Å². The largest absolute Gasteiger partial charge is 0.494 e. The van der Waals surface area contributed by atoms with E-state index in [2.05, 4.69) is 18.8 Å². The van der Waals surface area contributed by atoms with Gasteiger partial charge in [-0.1, -0.05) is 19.6 Å². The van der Waals surface area contributed by atoms with Crippen molar-refractivity contribution in [2.45, 2.75) is 26.8 Å². The van der Waals surface area contributed by atoms with Crippen LogP contribution >= 0.6 is 0 Å². The maximum absolute atomic E-state index is 13.2. The fourth-order valence-corrected chi connectivity index (χ4v) is 1.61. The van der Waals surface area contributed by atoms with E-state index in [9.17, 15) is 4.39 Å². The van der Waals surface area contributed by atoms with E-state index in [4.69, 9.17) is 4.74 Å². The number of ether oxygens (including phenoxy) is 1. The third-order valence-electron chi connectivity index (χ3n) is 2.43. The molecule has 1 rings (SSSR count). The lowest BCUT2D eigenvalue weighted by molar-refractivity contribution is 0.298. The first-order valence-corrected chi connectivity index (χ1v) is 6.00. The number of benzene rings is 1. The van der Waals surface area contributed by atoms with Crippen LogP contribution in [0.1, 0.15) is 31.4 Å². The molecule has 0 atom stereocenters. The summed E-state index contributed by atoms with van der Waals surface area (Å²) in [5.74, 6) is 0.264. The van der Waals surface area contributed by atoms with Crippen LogP contribution in [0.5, 0.6) is 0 Å². The molecule has 0 aliphatic rings. The molecule has 0 spiro atoms. The summed E-state index contributed by atoms with van der Waals surface area (Å²) < 4.78 is 18.6. The highest BCUT2D eigenvalue weighted by Crippen LogP contribution is 2.20. The summed E-state index contributed by atoms with van der Waals surface area (Å²) >= 11 is 0. The van der Waals surface area contributed by atoms with Gasteiger partial charge in [-0.25, -0.2) is 4.39 Å². The van der Waals surface area contributed by atoms with E-state index in [1.807, 2.05) is 6.92 Å². The highest BCUT2D eigenvalue weighted by Gasteiger charge is 2.08. The highest BCUT2D eigenvalue weighted by molar-refractivity contribution is 5.61. The molecule has 17 heavy (non-hydrogen) atoms. The Morgan fingerprint density at radius 2 is 2.18 bits per heavy atom. The van der Waals surface area contributed by atoms with Gasteiger partial charge in [0.2, 0.25) is 0 Å². The van der Waals surface area contributed by atoms with Gasteiger partial charge in [0, 0.05) is 12.1 Å². The topological polar surface area (TPSA) is 21.3 Å². The third-order valence-corrected chi connectivity index (χ3v) is 2.43. The Kier molecular flexibility index (Phi) is 5.70. The van der Waals surface area contributed by atoms with Crippen LogP contribution in [-0.2, 0) is 11.3 Å². The van der Waals surface area contributed by atoms with Gasteiger partial charge < -0.3 is 10.1 Å². The molecule has 0 unspecified atom stereocenters. The minimum atomic E-state index is -0.264. The van der Waals surface area contributed by atoms with Gasteiger partial charge in [0.1, 0.15) is 11.6 Å². The predicted molar refractivity (Wildman–Crippen MR) is 69.1 cm³/mol. The van der Waals surface area contributed by atoms with Crippen LogP contribution < -0.4 is 5.32 Å². The summed E-state index contributed by atoms with van der Waals surface area (Å²) in [6.07, 6.45) is 1.07. The van der Waals surface area contributed by atoms with Crippen molar-refractivity contribution in [1.82, 2.24) is 5.32 Å². The fourth-order valence-electron chi connectivity index (χ4n) is 1.61. The summed E-state index contributed by atoms with van der Waals surface area (Å²) in [6, 6.07) is 4.71. The van der Waals surface area contributed by atoms with E-state index in [1.54, 1.807) is 6.07 Å². The predicted octanol–water partition coefficient (Wildman–Crippen LogP) is 3.33.